The molecule has 4 N–H and O–H groups in total. The second kappa shape index (κ2) is 3.01. The van der Waals surface area contributed by atoms with Crippen molar-refractivity contribution in [2.24, 2.45) is 5.92 Å². The van der Waals surface area contributed by atoms with Crippen LogP contribution in [0.25, 0.3) is 0 Å². The summed E-state index contributed by atoms with van der Waals surface area (Å²) in [6, 6.07) is 0. The first-order chi connectivity index (χ1) is 7.18. The smallest absolute Gasteiger partial charge is 0.344 e. The Morgan fingerprint density at radius 1 is 1.25 bits per heavy atom. The number of hydrogen-bond acceptors (Lipinski definition) is 4. The van der Waals surface area contributed by atoms with E-state index < -0.39 is 35.4 Å². The maximum Gasteiger partial charge on any atom is 0.344 e. The maximum atomic E-state index is 11.3. The summed E-state index contributed by atoms with van der Waals surface area (Å²) in [4.78, 5) is 40.3. The standard InChI is InChI=1S/C7H9O7PS/c8-4(9)6(15(12,13)14)2-16-7(5(10)11)1-3(6)7/h3H,1-2H2,(H,8,9)(H,10,11)(H2,12,13,14). The summed E-state index contributed by atoms with van der Waals surface area (Å²) in [5, 5.41) is 15.7. The first kappa shape index (κ1) is 11.9. The average Bonchev–Trinajstić information content (AvgIpc) is 2.73. The van der Waals surface area contributed by atoms with E-state index in [0.29, 0.717) is 0 Å². The molecule has 0 aromatic carbocycles. The van der Waals surface area contributed by atoms with Gasteiger partial charge in [-0.1, -0.05) is 0 Å². The maximum absolute atomic E-state index is 11.3. The molecule has 0 amide bonds. The minimum Gasteiger partial charge on any atom is -0.480 e. The molecule has 0 radical (unpaired) electrons. The van der Waals surface area contributed by atoms with Crippen LogP contribution in [0.1, 0.15) is 6.42 Å². The van der Waals surface area contributed by atoms with Crippen molar-refractivity contribution in [3.05, 3.63) is 0 Å². The van der Waals surface area contributed by atoms with Crippen molar-refractivity contribution in [2.75, 3.05) is 5.75 Å². The lowest BCUT2D eigenvalue weighted by Gasteiger charge is -2.25. The lowest BCUT2D eigenvalue weighted by molar-refractivity contribution is -0.140. The van der Waals surface area contributed by atoms with Gasteiger partial charge in [0.2, 0.25) is 0 Å². The SMILES string of the molecule is O=C(O)C12CC1C(C(=O)O)(P(=O)(O)O)CS2. The summed E-state index contributed by atoms with van der Waals surface area (Å²) in [6.07, 6.45) is 0.00438. The van der Waals surface area contributed by atoms with Gasteiger partial charge in [-0.15, -0.1) is 11.8 Å². The largest absolute Gasteiger partial charge is 0.480 e. The van der Waals surface area contributed by atoms with Crippen molar-refractivity contribution in [3.63, 3.8) is 0 Å². The van der Waals surface area contributed by atoms with Crippen LogP contribution in [0.2, 0.25) is 0 Å². The normalized spacial score (nSPS) is 41.5. The van der Waals surface area contributed by atoms with E-state index in [4.69, 9.17) is 20.0 Å². The minimum atomic E-state index is -4.88. The molecule has 1 aliphatic carbocycles. The summed E-state index contributed by atoms with van der Waals surface area (Å²) >= 11 is 0.816. The summed E-state index contributed by atoms with van der Waals surface area (Å²) in [5.74, 6) is -4.15. The Labute approximate surface area is 94.0 Å². The number of rotatable bonds is 3. The highest BCUT2D eigenvalue weighted by Crippen LogP contribution is 2.75. The molecule has 0 spiro atoms. The molecule has 2 rings (SSSR count). The van der Waals surface area contributed by atoms with Gasteiger partial charge in [0, 0.05) is 11.7 Å². The van der Waals surface area contributed by atoms with Crippen LogP contribution < -0.4 is 0 Å². The number of aliphatic carboxylic acids is 2. The first-order valence-corrected chi connectivity index (χ1v) is 6.95. The first-order valence-electron chi connectivity index (χ1n) is 4.35. The second-order valence-corrected chi connectivity index (χ2v) is 7.21. The van der Waals surface area contributed by atoms with Gasteiger partial charge in [0.15, 0.2) is 5.16 Å². The quantitative estimate of drug-likeness (QED) is 0.507. The van der Waals surface area contributed by atoms with Crippen molar-refractivity contribution < 1.29 is 34.2 Å². The van der Waals surface area contributed by atoms with E-state index in [1.165, 1.54) is 0 Å². The molecule has 9 heteroatoms. The number of hydrogen-bond donors (Lipinski definition) is 4. The minimum absolute atomic E-state index is 0.00438. The number of fused-ring (bicyclic) bond motifs is 1. The number of carboxylic acids is 2. The molecule has 1 saturated heterocycles. The molecule has 3 atom stereocenters. The predicted octanol–water partition coefficient (Wildman–Crippen LogP) is -0.422. The van der Waals surface area contributed by atoms with Gasteiger partial charge in [0.1, 0.15) is 4.75 Å². The van der Waals surface area contributed by atoms with E-state index in [2.05, 4.69) is 0 Å². The Kier molecular flexibility index (Phi) is 2.24. The molecule has 16 heavy (non-hydrogen) atoms. The van der Waals surface area contributed by atoms with Crippen LogP contribution >= 0.6 is 19.4 Å². The molecular weight excluding hydrogens is 259 g/mol. The van der Waals surface area contributed by atoms with E-state index in [-0.39, 0.29) is 12.2 Å². The topological polar surface area (TPSA) is 132 Å². The highest BCUT2D eigenvalue weighted by molar-refractivity contribution is 8.02. The fourth-order valence-corrected chi connectivity index (χ4v) is 5.75. The fourth-order valence-electron chi connectivity index (χ4n) is 2.22. The Balaban J connectivity index is 2.46. The third-order valence-electron chi connectivity index (χ3n) is 3.29. The average molecular weight is 268 g/mol. The predicted molar refractivity (Wildman–Crippen MR) is 53.3 cm³/mol. The third kappa shape index (κ3) is 1.15. The van der Waals surface area contributed by atoms with E-state index >= 15 is 0 Å². The summed E-state index contributed by atoms with van der Waals surface area (Å²) < 4.78 is 10.0. The van der Waals surface area contributed by atoms with Crippen LogP contribution in [-0.4, -0.2) is 47.6 Å². The zero-order valence-electron chi connectivity index (χ0n) is 7.86. The highest BCUT2D eigenvalue weighted by Gasteiger charge is 2.81. The van der Waals surface area contributed by atoms with Crippen molar-refractivity contribution in [2.45, 2.75) is 16.3 Å². The van der Waals surface area contributed by atoms with E-state index in [9.17, 15) is 14.2 Å². The van der Waals surface area contributed by atoms with Crippen LogP contribution in [0.3, 0.4) is 0 Å². The second-order valence-electron chi connectivity index (χ2n) is 4.01. The van der Waals surface area contributed by atoms with Gasteiger partial charge in [0.05, 0.1) is 0 Å². The van der Waals surface area contributed by atoms with Gasteiger partial charge in [0.25, 0.3) is 0 Å². The molecule has 0 bridgehead atoms. The number of carboxylic acid groups (broad SMARTS) is 2. The fraction of sp³-hybridized carbons (Fsp3) is 0.714. The Morgan fingerprint density at radius 2 is 1.81 bits per heavy atom. The summed E-state index contributed by atoms with van der Waals surface area (Å²) in [5.41, 5.74) is 0. The van der Waals surface area contributed by atoms with Gasteiger partial charge in [-0.05, 0) is 6.42 Å². The van der Waals surface area contributed by atoms with E-state index in [1.54, 1.807) is 0 Å². The summed E-state index contributed by atoms with van der Waals surface area (Å²) in [6.45, 7) is 0. The van der Waals surface area contributed by atoms with E-state index in [1.807, 2.05) is 0 Å². The number of thioether (sulfide) groups is 1. The van der Waals surface area contributed by atoms with Crippen LogP contribution in [0.15, 0.2) is 0 Å². The molecule has 90 valence electrons. The molecule has 1 aliphatic heterocycles. The van der Waals surface area contributed by atoms with Crippen molar-refractivity contribution in [1.29, 1.82) is 0 Å². The van der Waals surface area contributed by atoms with Crippen molar-refractivity contribution >= 4 is 31.3 Å². The molecule has 1 saturated carbocycles. The Morgan fingerprint density at radius 3 is 2.00 bits per heavy atom. The number of carbonyl (C=O) groups is 2. The monoisotopic (exact) mass is 268 g/mol. The molecule has 7 nitrogen and oxygen atoms in total. The van der Waals surface area contributed by atoms with Crippen LogP contribution in [0.5, 0.6) is 0 Å². The van der Waals surface area contributed by atoms with Crippen LogP contribution in [-0.2, 0) is 14.2 Å². The molecule has 2 aliphatic rings. The summed E-state index contributed by atoms with van der Waals surface area (Å²) in [7, 11) is -4.88. The molecule has 2 fully saturated rings. The van der Waals surface area contributed by atoms with Gasteiger partial charge in [-0.2, -0.15) is 0 Å². The van der Waals surface area contributed by atoms with Gasteiger partial charge in [-0.3, -0.25) is 14.2 Å². The Bertz CT molecular complexity index is 430. The van der Waals surface area contributed by atoms with Crippen molar-refractivity contribution in [1.82, 2.24) is 0 Å². The molecule has 0 aromatic rings. The lowest BCUT2D eigenvalue weighted by atomic mass is 10.0. The zero-order valence-corrected chi connectivity index (χ0v) is 9.57. The molecule has 1 heterocycles. The lowest BCUT2D eigenvalue weighted by Crippen LogP contribution is -2.42. The van der Waals surface area contributed by atoms with E-state index in [0.717, 1.165) is 11.8 Å². The Hall–Kier alpha value is -0.560. The molecule has 3 unspecified atom stereocenters. The molecule has 0 aromatic heterocycles. The molecular formula is C7H9O7PS. The van der Waals surface area contributed by atoms with Gasteiger partial charge >= 0.3 is 19.5 Å². The zero-order chi connectivity index (χ0) is 12.4. The van der Waals surface area contributed by atoms with Crippen LogP contribution in [0, 0.1) is 5.92 Å². The van der Waals surface area contributed by atoms with Gasteiger partial charge < -0.3 is 20.0 Å². The van der Waals surface area contributed by atoms with Crippen LogP contribution in [0.4, 0.5) is 0 Å². The van der Waals surface area contributed by atoms with Crippen molar-refractivity contribution in [3.8, 4) is 0 Å². The van der Waals surface area contributed by atoms with Gasteiger partial charge in [-0.25, -0.2) is 0 Å². The highest BCUT2D eigenvalue weighted by atomic mass is 32.2. The third-order valence-corrected chi connectivity index (χ3v) is 6.94.